The van der Waals surface area contributed by atoms with Crippen LogP contribution in [0.2, 0.25) is 0 Å². The molecule has 0 aromatic heterocycles. The molecule has 0 N–H and O–H groups in total. The van der Waals surface area contributed by atoms with Gasteiger partial charge in [-0.1, -0.05) is 36.4 Å². The van der Waals surface area contributed by atoms with Gasteiger partial charge in [-0.15, -0.1) is 6.58 Å². The average molecular weight is 242 g/mol. The van der Waals surface area contributed by atoms with Crippen molar-refractivity contribution in [1.29, 1.82) is 0 Å². The number of Topliss-reactive ketones (excluding diaryl/α,β-unsaturated/α-hetero) is 1. The molecule has 1 fully saturated rings. The molecular formula is C16H18O2. The molecule has 0 amide bonds. The van der Waals surface area contributed by atoms with E-state index in [1.807, 2.05) is 36.4 Å². The van der Waals surface area contributed by atoms with E-state index < -0.39 is 0 Å². The summed E-state index contributed by atoms with van der Waals surface area (Å²) in [6.07, 6.45) is 5.74. The number of benzene rings is 1. The number of allylic oxidation sites excluding steroid dienone is 1. The third kappa shape index (κ3) is 2.58. The number of carbonyl (C=O) groups is 2. The third-order valence-corrected chi connectivity index (χ3v) is 3.69. The van der Waals surface area contributed by atoms with Crippen LogP contribution in [0, 0.1) is 17.8 Å². The zero-order chi connectivity index (χ0) is 13.0. The Balaban J connectivity index is 1.98. The molecule has 18 heavy (non-hydrogen) atoms. The van der Waals surface area contributed by atoms with Crippen LogP contribution in [0.25, 0.3) is 0 Å². The van der Waals surface area contributed by atoms with Crippen LogP contribution in [-0.4, -0.2) is 12.1 Å². The normalized spacial score (nSPS) is 25.4. The summed E-state index contributed by atoms with van der Waals surface area (Å²) in [4.78, 5) is 23.2. The van der Waals surface area contributed by atoms with E-state index in [1.54, 1.807) is 0 Å². The summed E-state index contributed by atoms with van der Waals surface area (Å²) in [5.41, 5.74) is 0.723. The summed E-state index contributed by atoms with van der Waals surface area (Å²) >= 11 is 0. The fourth-order valence-corrected chi connectivity index (χ4v) is 2.62. The summed E-state index contributed by atoms with van der Waals surface area (Å²) in [7, 11) is 0. The first-order valence-corrected chi connectivity index (χ1v) is 6.45. The lowest BCUT2D eigenvalue weighted by atomic mass is 10.0. The molecule has 0 radical (unpaired) electrons. The minimum Gasteiger partial charge on any atom is -0.303 e. The number of rotatable bonds is 7. The van der Waals surface area contributed by atoms with Crippen molar-refractivity contribution in [3.05, 3.63) is 48.6 Å². The van der Waals surface area contributed by atoms with Gasteiger partial charge in [0.1, 0.15) is 6.29 Å². The van der Waals surface area contributed by atoms with Crippen molar-refractivity contribution >= 4 is 12.1 Å². The molecule has 1 aromatic carbocycles. The second-order valence-corrected chi connectivity index (χ2v) is 4.85. The van der Waals surface area contributed by atoms with Gasteiger partial charge >= 0.3 is 0 Å². The van der Waals surface area contributed by atoms with Crippen molar-refractivity contribution in [2.24, 2.45) is 17.8 Å². The second-order valence-electron chi connectivity index (χ2n) is 4.85. The third-order valence-electron chi connectivity index (χ3n) is 3.69. The standard InChI is InChI=1S/C16H18O2/c1-2-3-5-10-13-14(11-17)15(13)16(18)12-8-6-4-7-9-12/h2,4,6-9,11,13-15H,1,3,5,10H2/t13-,14-,15+/m1/s1. The lowest BCUT2D eigenvalue weighted by Gasteiger charge is -1.99. The number of aldehydes is 1. The predicted octanol–water partition coefficient (Wildman–Crippen LogP) is 3.29. The minimum absolute atomic E-state index is 0.0671. The topological polar surface area (TPSA) is 34.1 Å². The van der Waals surface area contributed by atoms with Crippen molar-refractivity contribution in [2.75, 3.05) is 0 Å². The van der Waals surface area contributed by atoms with Gasteiger partial charge < -0.3 is 4.79 Å². The van der Waals surface area contributed by atoms with Crippen molar-refractivity contribution in [1.82, 2.24) is 0 Å². The molecule has 1 aromatic rings. The Morgan fingerprint density at radius 3 is 2.61 bits per heavy atom. The minimum atomic E-state index is -0.0882. The molecule has 1 aliphatic carbocycles. The Hall–Kier alpha value is -1.70. The summed E-state index contributed by atoms with van der Waals surface area (Å²) in [5.74, 6) is 0.212. The van der Waals surface area contributed by atoms with Crippen molar-refractivity contribution < 1.29 is 9.59 Å². The number of hydrogen-bond acceptors (Lipinski definition) is 2. The first-order chi connectivity index (χ1) is 8.79. The highest BCUT2D eigenvalue weighted by molar-refractivity contribution is 6.02. The van der Waals surface area contributed by atoms with Crippen LogP contribution in [-0.2, 0) is 4.79 Å². The maximum absolute atomic E-state index is 12.2. The maximum Gasteiger partial charge on any atom is 0.166 e. The van der Waals surface area contributed by atoms with E-state index in [9.17, 15) is 9.59 Å². The van der Waals surface area contributed by atoms with E-state index >= 15 is 0 Å². The van der Waals surface area contributed by atoms with E-state index in [0.29, 0.717) is 0 Å². The fourth-order valence-electron chi connectivity index (χ4n) is 2.62. The maximum atomic E-state index is 12.2. The van der Waals surface area contributed by atoms with Gasteiger partial charge in [-0.3, -0.25) is 4.79 Å². The largest absolute Gasteiger partial charge is 0.303 e. The fraction of sp³-hybridized carbons (Fsp3) is 0.375. The monoisotopic (exact) mass is 242 g/mol. The summed E-state index contributed by atoms with van der Waals surface area (Å²) in [5, 5.41) is 0. The van der Waals surface area contributed by atoms with Crippen LogP contribution in [0.4, 0.5) is 0 Å². The lowest BCUT2D eigenvalue weighted by molar-refractivity contribution is -0.109. The van der Waals surface area contributed by atoms with Crippen LogP contribution >= 0.6 is 0 Å². The van der Waals surface area contributed by atoms with Crippen LogP contribution in [0.1, 0.15) is 29.6 Å². The Morgan fingerprint density at radius 2 is 2.00 bits per heavy atom. The van der Waals surface area contributed by atoms with E-state index in [0.717, 1.165) is 31.1 Å². The van der Waals surface area contributed by atoms with Gasteiger partial charge in [0.15, 0.2) is 5.78 Å². The van der Waals surface area contributed by atoms with Crippen LogP contribution in [0.3, 0.4) is 0 Å². The molecule has 2 nitrogen and oxygen atoms in total. The molecule has 1 saturated carbocycles. The van der Waals surface area contributed by atoms with Gasteiger partial charge in [-0.05, 0) is 25.2 Å². The first-order valence-electron chi connectivity index (χ1n) is 6.45. The zero-order valence-electron chi connectivity index (χ0n) is 10.4. The molecule has 3 atom stereocenters. The van der Waals surface area contributed by atoms with E-state index in [2.05, 4.69) is 6.58 Å². The molecule has 0 bridgehead atoms. The molecule has 1 aliphatic rings. The number of unbranched alkanes of at least 4 members (excludes halogenated alkanes) is 1. The molecule has 0 heterocycles. The number of hydrogen-bond donors (Lipinski definition) is 0. The van der Waals surface area contributed by atoms with Gasteiger partial charge in [0.2, 0.25) is 0 Å². The molecule has 0 unspecified atom stereocenters. The van der Waals surface area contributed by atoms with Crippen LogP contribution in [0.5, 0.6) is 0 Å². The molecule has 0 spiro atoms. The summed E-state index contributed by atoms with van der Waals surface area (Å²) in [6, 6.07) is 9.26. The van der Waals surface area contributed by atoms with Crippen LogP contribution in [0.15, 0.2) is 43.0 Å². The van der Waals surface area contributed by atoms with Gasteiger partial charge in [-0.2, -0.15) is 0 Å². The first kappa shape index (κ1) is 12.7. The van der Waals surface area contributed by atoms with E-state index in [1.165, 1.54) is 0 Å². The summed E-state index contributed by atoms with van der Waals surface area (Å²) in [6.45, 7) is 3.68. The Kier molecular flexibility index (Phi) is 4.08. The second kappa shape index (κ2) is 5.76. The highest BCUT2D eigenvalue weighted by atomic mass is 16.1. The van der Waals surface area contributed by atoms with Gasteiger partial charge in [0, 0.05) is 17.4 Å². The Bertz CT molecular complexity index is 436. The predicted molar refractivity (Wildman–Crippen MR) is 71.4 cm³/mol. The zero-order valence-corrected chi connectivity index (χ0v) is 10.4. The average Bonchev–Trinajstić information content (AvgIpc) is 3.12. The number of carbonyl (C=O) groups excluding carboxylic acids is 2. The van der Waals surface area contributed by atoms with Crippen LogP contribution < -0.4 is 0 Å². The van der Waals surface area contributed by atoms with Crippen molar-refractivity contribution in [3.8, 4) is 0 Å². The Labute approximate surface area is 108 Å². The molecule has 2 heteroatoms. The van der Waals surface area contributed by atoms with Gasteiger partial charge in [-0.25, -0.2) is 0 Å². The van der Waals surface area contributed by atoms with Crippen molar-refractivity contribution in [3.63, 3.8) is 0 Å². The lowest BCUT2D eigenvalue weighted by Crippen LogP contribution is -2.04. The molecule has 0 aliphatic heterocycles. The Morgan fingerprint density at radius 1 is 1.28 bits per heavy atom. The molecule has 94 valence electrons. The molecule has 0 saturated heterocycles. The van der Waals surface area contributed by atoms with Crippen molar-refractivity contribution in [2.45, 2.75) is 19.3 Å². The highest BCUT2D eigenvalue weighted by Crippen LogP contribution is 2.49. The smallest absolute Gasteiger partial charge is 0.166 e. The summed E-state index contributed by atoms with van der Waals surface area (Å²) < 4.78 is 0. The van der Waals surface area contributed by atoms with Gasteiger partial charge in [0.05, 0.1) is 0 Å². The van der Waals surface area contributed by atoms with Gasteiger partial charge in [0.25, 0.3) is 0 Å². The quantitative estimate of drug-likeness (QED) is 0.318. The number of ketones is 1. The van der Waals surface area contributed by atoms with E-state index in [4.69, 9.17) is 0 Å². The molecular weight excluding hydrogens is 224 g/mol. The van der Waals surface area contributed by atoms with E-state index in [-0.39, 0.29) is 23.5 Å². The molecule has 2 rings (SSSR count). The highest BCUT2D eigenvalue weighted by Gasteiger charge is 2.53. The SMILES string of the molecule is C=CCCC[C@@H]1[C@@H](C=O)[C@H]1C(=O)c1ccccc1.